The second kappa shape index (κ2) is 6.59. The van der Waals surface area contributed by atoms with Gasteiger partial charge in [0, 0.05) is 10.8 Å². The minimum Gasteiger partial charge on any atom is -0.481 e. The first-order valence-electron chi connectivity index (χ1n) is 8.34. The molecule has 0 amide bonds. The van der Waals surface area contributed by atoms with Crippen LogP contribution in [-0.4, -0.2) is 37.3 Å². The lowest BCUT2D eigenvalue weighted by atomic mass is 9.99. The van der Waals surface area contributed by atoms with Gasteiger partial charge >= 0.3 is 5.97 Å². The van der Waals surface area contributed by atoms with Crippen molar-refractivity contribution >= 4 is 27.1 Å². The first-order chi connectivity index (χ1) is 12.4. The fraction of sp³-hybridized carbons (Fsp3) is 0.389. The van der Waals surface area contributed by atoms with Crippen molar-refractivity contribution in [3.8, 4) is 22.6 Å². The van der Waals surface area contributed by atoms with E-state index in [-0.39, 0.29) is 24.9 Å². The van der Waals surface area contributed by atoms with Crippen LogP contribution in [-0.2, 0) is 14.6 Å². The molecule has 0 bridgehead atoms. The number of hydrogen-bond donors (Lipinski definition) is 1. The summed E-state index contributed by atoms with van der Waals surface area (Å²) in [6, 6.07) is 7.78. The van der Waals surface area contributed by atoms with Gasteiger partial charge in [-0.15, -0.1) is 11.3 Å². The Morgan fingerprint density at radius 3 is 2.73 bits per heavy atom. The maximum atomic E-state index is 12.4. The van der Waals surface area contributed by atoms with Crippen LogP contribution in [0.1, 0.15) is 30.1 Å². The number of aliphatic carboxylic acids is 1. The van der Waals surface area contributed by atoms with E-state index in [1.165, 1.54) is 0 Å². The van der Waals surface area contributed by atoms with Crippen LogP contribution >= 0.6 is 11.3 Å². The molecule has 26 heavy (non-hydrogen) atoms. The van der Waals surface area contributed by atoms with Gasteiger partial charge in [-0.3, -0.25) is 4.79 Å². The van der Waals surface area contributed by atoms with Crippen molar-refractivity contribution in [2.24, 2.45) is 0 Å². The van der Waals surface area contributed by atoms with E-state index in [0.717, 1.165) is 21.8 Å². The Bertz CT molecular complexity index is 946. The van der Waals surface area contributed by atoms with Crippen LogP contribution in [0.3, 0.4) is 0 Å². The largest absolute Gasteiger partial charge is 0.481 e. The minimum atomic E-state index is -3.39. The maximum Gasteiger partial charge on any atom is 0.304 e. The number of ether oxygens (including phenoxy) is 2. The summed E-state index contributed by atoms with van der Waals surface area (Å²) in [7, 11) is -3.39. The molecule has 2 unspecified atom stereocenters. The van der Waals surface area contributed by atoms with Gasteiger partial charge in [-0.2, -0.15) is 0 Å². The fourth-order valence-corrected chi connectivity index (χ4v) is 6.74. The summed E-state index contributed by atoms with van der Waals surface area (Å²) >= 11 is 1.55. The number of carboxylic acid groups (broad SMARTS) is 1. The van der Waals surface area contributed by atoms with Gasteiger partial charge in [0.1, 0.15) is 0 Å². The zero-order valence-electron chi connectivity index (χ0n) is 13.9. The van der Waals surface area contributed by atoms with Crippen molar-refractivity contribution in [3.05, 3.63) is 34.5 Å². The Morgan fingerprint density at radius 2 is 1.96 bits per heavy atom. The number of hydrogen-bond acceptors (Lipinski definition) is 6. The standard InChI is InChI=1S/C18H18O6S2/c19-18(20)7-14-3-1-12(9-26(14,21)22)17-6-13(8-25-17)11-2-4-15-16(5-11)24-10-23-15/h2,4-6,8,12,14H,1,3,7,9-10H2,(H,19,20). The van der Waals surface area contributed by atoms with Gasteiger partial charge in [0.2, 0.25) is 6.79 Å². The molecule has 6 nitrogen and oxygen atoms in total. The van der Waals surface area contributed by atoms with Crippen LogP contribution in [0.2, 0.25) is 0 Å². The monoisotopic (exact) mass is 394 g/mol. The van der Waals surface area contributed by atoms with Crippen LogP contribution in [0.5, 0.6) is 11.5 Å². The van der Waals surface area contributed by atoms with Crippen LogP contribution in [0.15, 0.2) is 29.6 Å². The molecule has 1 saturated heterocycles. The molecule has 1 fully saturated rings. The summed E-state index contributed by atoms with van der Waals surface area (Å²) in [6.45, 7) is 0.227. The molecule has 8 heteroatoms. The van der Waals surface area contributed by atoms with Gasteiger partial charge in [-0.25, -0.2) is 8.42 Å². The molecule has 2 aromatic rings. The molecule has 0 spiro atoms. The zero-order valence-corrected chi connectivity index (χ0v) is 15.5. The lowest BCUT2D eigenvalue weighted by molar-refractivity contribution is -0.137. The summed E-state index contributed by atoms with van der Waals surface area (Å²) in [5.41, 5.74) is 2.02. The molecule has 3 heterocycles. The topological polar surface area (TPSA) is 89.9 Å². The first-order valence-corrected chi connectivity index (χ1v) is 10.9. The van der Waals surface area contributed by atoms with E-state index in [9.17, 15) is 13.2 Å². The number of fused-ring (bicyclic) bond motifs is 1. The van der Waals surface area contributed by atoms with Crippen LogP contribution in [0.25, 0.3) is 11.1 Å². The van der Waals surface area contributed by atoms with Crippen molar-refractivity contribution in [1.29, 1.82) is 0 Å². The first kappa shape index (κ1) is 17.4. The second-order valence-corrected chi connectivity index (χ2v) is 9.90. The van der Waals surface area contributed by atoms with E-state index < -0.39 is 21.1 Å². The zero-order chi connectivity index (χ0) is 18.3. The summed E-state index contributed by atoms with van der Waals surface area (Å²) < 4.78 is 35.6. The Hall–Kier alpha value is -2.06. The number of rotatable bonds is 4. The molecular weight excluding hydrogens is 376 g/mol. The van der Waals surface area contributed by atoms with E-state index in [2.05, 4.69) is 0 Å². The molecular formula is C18H18O6S2. The average Bonchev–Trinajstić information content (AvgIpc) is 3.24. The number of sulfone groups is 1. The number of carboxylic acids is 1. The van der Waals surface area contributed by atoms with Gasteiger partial charge in [-0.1, -0.05) is 6.07 Å². The van der Waals surface area contributed by atoms with Crippen LogP contribution in [0.4, 0.5) is 0 Å². The van der Waals surface area contributed by atoms with Gasteiger partial charge in [0.25, 0.3) is 0 Å². The summed E-state index contributed by atoms with van der Waals surface area (Å²) in [4.78, 5) is 11.9. The highest BCUT2D eigenvalue weighted by atomic mass is 32.2. The SMILES string of the molecule is O=C(O)CC1CCC(c2cc(-c3ccc4c(c3)OCO4)cs2)CS1(=O)=O. The third kappa shape index (κ3) is 3.31. The number of carbonyl (C=O) groups is 1. The van der Waals surface area contributed by atoms with Gasteiger partial charge in [-0.05, 0) is 47.5 Å². The highest BCUT2D eigenvalue weighted by molar-refractivity contribution is 7.92. The van der Waals surface area contributed by atoms with E-state index in [0.29, 0.717) is 18.6 Å². The molecule has 2 atom stereocenters. The predicted molar refractivity (Wildman–Crippen MR) is 97.7 cm³/mol. The van der Waals surface area contributed by atoms with E-state index >= 15 is 0 Å². The van der Waals surface area contributed by atoms with Crippen LogP contribution < -0.4 is 9.47 Å². The third-order valence-corrected chi connectivity index (χ3v) is 8.29. The predicted octanol–water partition coefficient (Wildman–Crippen LogP) is 3.28. The fourth-order valence-electron chi connectivity index (χ4n) is 3.51. The second-order valence-electron chi connectivity index (χ2n) is 6.63. The summed E-state index contributed by atoms with van der Waals surface area (Å²) in [6.07, 6.45) is 0.788. The van der Waals surface area contributed by atoms with Crippen molar-refractivity contribution in [2.75, 3.05) is 12.5 Å². The molecule has 4 rings (SSSR count). The molecule has 2 aliphatic heterocycles. The summed E-state index contributed by atoms with van der Waals surface area (Å²) in [5, 5.41) is 10.2. The summed E-state index contributed by atoms with van der Waals surface area (Å²) in [5.74, 6) is 0.335. The Labute approximate surface area is 155 Å². The maximum absolute atomic E-state index is 12.4. The van der Waals surface area contributed by atoms with Crippen LogP contribution in [0, 0.1) is 0 Å². The highest BCUT2D eigenvalue weighted by Crippen LogP contribution is 2.40. The quantitative estimate of drug-likeness (QED) is 0.856. The Balaban J connectivity index is 1.53. The number of thiophene rings is 1. The van der Waals surface area contributed by atoms with Gasteiger partial charge in [0.15, 0.2) is 21.3 Å². The normalized spacial score (nSPS) is 23.7. The molecule has 0 aliphatic carbocycles. The lowest BCUT2D eigenvalue weighted by Gasteiger charge is -2.27. The van der Waals surface area contributed by atoms with Crippen molar-refractivity contribution in [2.45, 2.75) is 30.4 Å². The average molecular weight is 394 g/mol. The molecule has 1 N–H and O–H groups in total. The third-order valence-electron chi connectivity index (χ3n) is 4.91. The van der Waals surface area contributed by atoms with Crippen molar-refractivity contribution in [1.82, 2.24) is 0 Å². The number of benzene rings is 1. The van der Waals surface area contributed by atoms with E-state index in [1.54, 1.807) is 11.3 Å². The van der Waals surface area contributed by atoms with Gasteiger partial charge in [0.05, 0.1) is 17.4 Å². The Kier molecular flexibility index (Phi) is 4.40. The molecule has 1 aromatic heterocycles. The molecule has 138 valence electrons. The van der Waals surface area contributed by atoms with Crippen molar-refractivity contribution in [3.63, 3.8) is 0 Å². The molecule has 2 aliphatic rings. The minimum absolute atomic E-state index is 0.0199. The van der Waals surface area contributed by atoms with Crippen molar-refractivity contribution < 1.29 is 27.8 Å². The van der Waals surface area contributed by atoms with E-state index in [1.807, 2.05) is 29.6 Å². The molecule has 1 aromatic carbocycles. The highest BCUT2D eigenvalue weighted by Gasteiger charge is 2.36. The molecule has 0 saturated carbocycles. The Morgan fingerprint density at radius 1 is 1.15 bits per heavy atom. The smallest absolute Gasteiger partial charge is 0.304 e. The molecule has 0 radical (unpaired) electrons. The van der Waals surface area contributed by atoms with E-state index in [4.69, 9.17) is 14.6 Å². The van der Waals surface area contributed by atoms with Gasteiger partial charge < -0.3 is 14.6 Å². The lowest BCUT2D eigenvalue weighted by Crippen LogP contribution is -2.34.